The number of amides is 1. The van der Waals surface area contributed by atoms with Gasteiger partial charge < -0.3 is 16.2 Å². The van der Waals surface area contributed by atoms with E-state index in [9.17, 15) is 4.79 Å². The minimum absolute atomic E-state index is 0.100. The SMILES string of the molecule is Cc1nn(C)c(C)c1Oc1nc(C(N)=O)ccc1N. The lowest BCUT2D eigenvalue weighted by molar-refractivity contribution is 0.0995. The smallest absolute Gasteiger partial charge is 0.267 e. The van der Waals surface area contributed by atoms with Crippen LogP contribution in [0.2, 0.25) is 0 Å². The molecule has 2 rings (SSSR count). The molecule has 0 saturated heterocycles. The molecule has 7 nitrogen and oxygen atoms in total. The summed E-state index contributed by atoms with van der Waals surface area (Å²) in [6, 6.07) is 2.98. The number of pyridine rings is 1. The Morgan fingerprint density at radius 1 is 1.37 bits per heavy atom. The highest BCUT2D eigenvalue weighted by atomic mass is 16.5. The van der Waals surface area contributed by atoms with E-state index in [4.69, 9.17) is 16.2 Å². The predicted octanol–water partition coefficient (Wildman–Crippen LogP) is 0.905. The van der Waals surface area contributed by atoms with Gasteiger partial charge in [-0.15, -0.1) is 0 Å². The van der Waals surface area contributed by atoms with Crippen molar-refractivity contribution in [2.45, 2.75) is 13.8 Å². The summed E-state index contributed by atoms with van der Waals surface area (Å²) < 4.78 is 7.35. The lowest BCUT2D eigenvalue weighted by atomic mass is 10.3. The Morgan fingerprint density at radius 2 is 2.05 bits per heavy atom. The number of ether oxygens (including phenoxy) is 1. The van der Waals surface area contributed by atoms with Crippen LogP contribution in [0.1, 0.15) is 21.9 Å². The van der Waals surface area contributed by atoms with Gasteiger partial charge in [0.15, 0.2) is 5.75 Å². The number of hydrogen-bond donors (Lipinski definition) is 2. The molecule has 0 bridgehead atoms. The largest absolute Gasteiger partial charge is 0.433 e. The van der Waals surface area contributed by atoms with Crippen LogP contribution in [0.15, 0.2) is 12.1 Å². The number of nitrogens with zero attached hydrogens (tertiary/aromatic N) is 3. The van der Waals surface area contributed by atoms with Gasteiger partial charge in [0.2, 0.25) is 5.88 Å². The molecule has 4 N–H and O–H groups in total. The molecule has 7 heteroatoms. The number of aryl methyl sites for hydroxylation is 2. The summed E-state index contributed by atoms with van der Waals surface area (Å²) in [5, 5.41) is 4.23. The molecule has 0 aromatic carbocycles. The average Bonchev–Trinajstić information content (AvgIpc) is 2.58. The quantitative estimate of drug-likeness (QED) is 0.853. The van der Waals surface area contributed by atoms with Crippen LogP contribution in [0.25, 0.3) is 0 Å². The second-order valence-electron chi connectivity index (χ2n) is 4.18. The molecule has 0 aliphatic carbocycles. The minimum atomic E-state index is -0.635. The van der Waals surface area contributed by atoms with E-state index in [2.05, 4.69) is 10.1 Å². The molecule has 2 aromatic heterocycles. The number of carbonyl (C=O) groups is 1. The van der Waals surface area contributed by atoms with Crippen LogP contribution < -0.4 is 16.2 Å². The second-order valence-corrected chi connectivity index (χ2v) is 4.18. The Bertz CT molecular complexity index is 648. The van der Waals surface area contributed by atoms with Gasteiger partial charge in [0, 0.05) is 7.05 Å². The van der Waals surface area contributed by atoms with Crippen LogP contribution >= 0.6 is 0 Å². The van der Waals surface area contributed by atoms with E-state index < -0.39 is 5.91 Å². The first-order chi connectivity index (χ1) is 8.90. The van der Waals surface area contributed by atoms with Crippen LogP contribution in [-0.2, 0) is 7.05 Å². The van der Waals surface area contributed by atoms with Crippen molar-refractivity contribution in [3.63, 3.8) is 0 Å². The summed E-state index contributed by atoms with van der Waals surface area (Å²) >= 11 is 0. The number of hydrogen-bond acceptors (Lipinski definition) is 5. The van der Waals surface area contributed by atoms with Gasteiger partial charge in [-0.2, -0.15) is 5.10 Å². The normalized spacial score (nSPS) is 10.5. The molecule has 100 valence electrons. The first-order valence-electron chi connectivity index (χ1n) is 5.64. The zero-order valence-electron chi connectivity index (χ0n) is 11.0. The molecular weight excluding hydrogens is 246 g/mol. The van der Waals surface area contributed by atoms with Gasteiger partial charge in [0.25, 0.3) is 5.91 Å². The number of rotatable bonds is 3. The monoisotopic (exact) mass is 261 g/mol. The molecule has 1 amide bonds. The maximum absolute atomic E-state index is 11.1. The van der Waals surface area contributed by atoms with E-state index in [0.29, 0.717) is 17.1 Å². The van der Waals surface area contributed by atoms with Crippen LogP contribution in [0.3, 0.4) is 0 Å². The topological polar surface area (TPSA) is 109 Å². The lowest BCUT2D eigenvalue weighted by Crippen LogP contribution is -2.13. The zero-order chi connectivity index (χ0) is 14.2. The summed E-state index contributed by atoms with van der Waals surface area (Å²) in [5.74, 6) is 0.0864. The van der Waals surface area contributed by atoms with Crippen molar-refractivity contribution in [1.82, 2.24) is 14.8 Å². The molecule has 0 unspecified atom stereocenters. The predicted molar refractivity (Wildman–Crippen MR) is 69.9 cm³/mol. The number of primary amides is 1. The standard InChI is InChI=1S/C12H15N5O2/c1-6-10(7(2)17(3)16-6)19-12-8(13)4-5-9(15-12)11(14)18/h4-5H,13H2,1-3H3,(H2,14,18). The van der Waals surface area contributed by atoms with Crippen molar-refractivity contribution < 1.29 is 9.53 Å². The highest BCUT2D eigenvalue weighted by Gasteiger charge is 2.15. The van der Waals surface area contributed by atoms with Gasteiger partial charge in [0.1, 0.15) is 11.4 Å². The van der Waals surface area contributed by atoms with E-state index in [1.54, 1.807) is 4.68 Å². The van der Waals surface area contributed by atoms with Gasteiger partial charge in [-0.25, -0.2) is 4.98 Å². The number of carbonyl (C=O) groups excluding carboxylic acids is 1. The summed E-state index contributed by atoms with van der Waals surface area (Å²) in [6.45, 7) is 3.68. The first kappa shape index (κ1) is 12.9. The third-order valence-corrected chi connectivity index (χ3v) is 2.78. The van der Waals surface area contributed by atoms with Crippen molar-refractivity contribution in [2.24, 2.45) is 12.8 Å². The highest BCUT2D eigenvalue weighted by molar-refractivity contribution is 5.91. The van der Waals surface area contributed by atoms with E-state index >= 15 is 0 Å². The van der Waals surface area contributed by atoms with Crippen LogP contribution in [0.4, 0.5) is 5.69 Å². The molecular formula is C12H15N5O2. The second kappa shape index (κ2) is 4.60. The van der Waals surface area contributed by atoms with Gasteiger partial charge in [-0.1, -0.05) is 0 Å². The number of nitrogen functional groups attached to an aromatic ring is 1. The molecule has 19 heavy (non-hydrogen) atoms. The fourth-order valence-corrected chi connectivity index (χ4v) is 1.67. The maximum atomic E-state index is 11.1. The fraction of sp³-hybridized carbons (Fsp3) is 0.250. The molecule has 0 aliphatic heterocycles. The van der Waals surface area contributed by atoms with E-state index in [1.807, 2.05) is 20.9 Å². The molecule has 0 aliphatic rings. The molecule has 2 heterocycles. The fourth-order valence-electron chi connectivity index (χ4n) is 1.67. The van der Waals surface area contributed by atoms with E-state index in [0.717, 1.165) is 5.69 Å². The Labute approximate surface area is 110 Å². The number of nitrogens with two attached hydrogens (primary N) is 2. The average molecular weight is 261 g/mol. The zero-order valence-corrected chi connectivity index (χ0v) is 11.0. The molecule has 2 aromatic rings. The Kier molecular flexibility index (Phi) is 3.12. The minimum Gasteiger partial charge on any atom is -0.433 e. The van der Waals surface area contributed by atoms with E-state index in [-0.39, 0.29) is 11.6 Å². The highest BCUT2D eigenvalue weighted by Crippen LogP contribution is 2.30. The van der Waals surface area contributed by atoms with Crippen LogP contribution in [-0.4, -0.2) is 20.7 Å². The molecule has 0 saturated carbocycles. The molecule has 0 fully saturated rings. The van der Waals surface area contributed by atoms with Gasteiger partial charge >= 0.3 is 0 Å². The van der Waals surface area contributed by atoms with Crippen molar-refractivity contribution in [2.75, 3.05) is 5.73 Å². The van der Waals surface area contributed by atoms with Crippen molar-refractivity contribution in [3.05, 3.63) is 29.2 Å². The Morgan fingerprint density at radius 3 is 2.58 bits per heavy atom. The van der Waals surface area contributed by atoms with E-state index in [1.165, 1.54) is 12.1 Å². The lowest BCUT2D eigenvalue weighted by Gasteiger charge is -2.08. The van der Waals surface area contributed by atoms with Crippen LogP contribution in [0.5, 0.6) is 11.6 Å². The number of aromatic nitrogens is 3. The summed E-state index contributed by atoms with van der Waals surface area (Å²) in [4.78, 5) is 15.1. The summed E-state index contributed by atoms with van der Waals surface area (Å²) in [7, 11) is 1.81. The van der Waals surface area contributed by atoms with Gasteiger partial charge in [0.05, 0.1) is 11.4 Å². The molecule has 0 atom stereocenters. The van der Waals surface area contributed by atoms with Gasteiger partial charge in [-0.05, 0) is 26.0 Å². The Balaban J connectivity index is 2.43. The van der Waals surface area contributed by atoms with Crippen molar-refractivity contribution in [1.29, 1.82) is 0 Å². The Hall–Kier alpha value is -2.57. The maximum Gasteiger partial charge on any atom is 0.267 e. The van der Waals surface area contributed by atoms with Crippen LogP contribution in [0, 0.1) is 13.8 Å². The molecule has 0 radical (unpaired) electrons. The number of anilines is 1. The van der Waals surface area contributed by atoms with Crippen molar-refractivity contribution >= 4 is 11.6 Å². The molecule has 0 spiro atoms. The first-order valence-corrected chi connectivity index (χ1v) is 5.64. The third-order valence-electron chi connectivity index (χ3n) is 2.78. The summed E-state index contributed by atoms with van der Waals surface area (Å²) in [6.07, 6.45) is 0. The van der Waals surface area contributed by atoms with Crippen molar-refractivity contribution in [3.8, 4) is 11.6 Å². The third kappa shape index (κ3) is 2.35. The van der Waals surface area contributed by atoms with Gasteiger partial charge in [-0.3, -0.25) is 9.48 Å². The summed E-state index contributed by atoms with van der Waals surface area (Å²) in [5.41, 5.74) is 12.9.